The van der Waals surface area contributed by atoms with E-state index in [9.17, 15) is 4.79 Å². The summed E-state index contributed by atoms with van der Waals surface area (Å²) >= 11 is 1.46. The topological polar surface area (TPSA) is 88.6 Å². The van der Waals surface area contributed by atoms with Crippen molar-refractivity contribution >= 4 is 38.3 Å². The van der Waals surface area contributed by atoms with E-state index in [1.807, 2.05) is 12.1 Å². The molecule has 1 amide bonds. The van der Waals surface area contributed by atoms with Gasteiger partial charge in [-0.3, -0.25) is 15.1 Å². The molecule has 9 heteroatoms. The van der Waals surface area contributed by atoms with Gasteiger partial charge in [0.2, 0.25) is 0 Å². The van der Waals surface area contributed by atoms with E-state index in [-0.39, 0.29) is 5.91 Å². The molecule has 0 radical (unpaired) electrons. The fourth-order valence-corrected chi connectivity index (χ4v) is 4.87. The Balaban J connectivity index is 1.34. The third-order valence-corrected chi connectivity index (χ3v) is 6.79. The number of carbonyl (C=O) groups is 1. The monoisotopic (exact) mass is 453 g/mol. The molecule has 1 saturated heterocycles. The maximum atomic E-state index is 12.9. The van der Waals surface area contributed by atoms with Gasteiger partial charge in [-0.15, -0.1) is 0 Å². The Labute approximate surface area is 191 Å². The molecule has 0 spiro atoms. The Hall–Kier alpha value is -2.75. The van der Waals surface area contributed by atoms with E-state index in [2.05, 4.69) is 31.6 Å². The standard InChI is InChI=1S/C23H27N5O3S/c1-30-19-5-4-18(28-8-10-31-11-9-28)21-20(19)26-23(32-21)27-22(29)16-6-7-25-17(12-16)14-24-13-15-2-3-15/h4-7,12,15,24H,2-3,8-11,13-14H2,1H3,(H,26,27,29). The number of hydrogen-bond donors (Lipinski definition) is 2. The number of nitrogens with zero attached hydrogens (tertiary/aromatic N) is 3. The highest BCUT2D eigenvalue weighted by atomic mass is 32.1. The average Bonchev–Trinajstić information content (AvgIpc) is 3.56. The summed E-state index contributed by atoms with van der Waals surface area (Å²) in [5.74, 6) is 1.31. The van der Waals surface area contributed by atoms with Crippen LogP contribution in [0.3, 0.4) is 0 Å². The van der Waals surface area contributed by atoms with Crippen LogP contribution in [-0.2, 0) is 11.3 Å². The summed E-state index contributed by atoms with van der Waals surface area (Å²) in [6.45, 7) is 4.74. The van der Waals surface area contributed by atoms with Gasteiger partial charge in [0, 0.05) is 31.4 Å². The summed E-state index contributed by atoms with van der Waals surface area (Å²) in [5.41, 5.74) is 3.29. The quantitative estimate of drug-likeness (QED) is 0.541. The Morgan fingerprint density at radius 3 is 2.91 bits per heavy atom. The molecular weight excluding hydrogens is 426 g/mol. The highest BCUT2D eigenvalue weighted by Gasteiger charge is 2.21. The molecule has 2 fully saturated rings. The van der Waals surface area contributed by atoms with Crippen molar-refractivity contribution in [1.29, 1.82) is 0 Å². The molecule has 3 heterocycles. The number of fused-ring (bicyclic) bond motifs is 1. The van der Waals surface area contributed by atoms with Gasteiger partial charge in [-0.25, -0.2) is 4.98 Å². The summed E-state index contributed by atoms with van der Waals surface area (Å²) in [5, 5.41) is 6.93. The van der Waals surface area contributed by atoms with Gasteiger partial charge in [0.25, 0.3) is 5.91 Å². The molecule has 0 unspecified atom stereocenters. The molecule has 2 aromatic heterocycles. The summed E-state index contributed by atoms with van der Waals surface area (Å²) in [6, 6.07) is 7.55. The van der Waals surface area contributed by atoms with Crippen LogP contribution in [0.2, 0.25) is 0 Å². The van der Waals surface area contributed by atoms with Gasteiger partial charge in [0.1, 0.15) is 11.3 Å². The predicted molar refractivity (Wildman–Crippen MR) is 126 cm³/mol. The van der Waals surface area contributed by atoms with E-state index < -0.39 is 0 Å². The average molecular weight is 454 g/mol. The number of methoxy groups -OCH3 is 1. The lowest BCUT2D eigenvalue weighted by Crippen LogP contribution is -2.36. The minimum absolute atomic E-state index is 0.193. The number of hydrogen-bond acceptors (Lipinski definition) is 8. The number of carbonyl (C=O) groups excluding carboxylic acids is 1. The molecule has 2 aliphatic rings. The Bertz CT molecular complexity index is 1110. The van der Waals surface area contributed by atoms with E-state index in [1.54, 1.807) is 19.4 Å². The van der Waals surface area contributed by atoms with E-state index >= 15 is 0 Å². The maximum absolute atomic E-state index is 12.9. The second-order valence-electron chi connectivity index (χ2n) is 8.15. The number of aromatic nitrogens is 2. The van der Waals surface area contributed by atoms with Crippen molar-refractivity contribution in [3.05, 3.63) is 41.7 Å². The molecular formula is C23H27N5O3S. The van der Waals surface area contributed by atoms with E-state index in [4.69, 9.17) is 9.47 Å². The number of pyridine rings is 1. The van der Waals surface area contributed by atoms with Crippen LogP contribution in [-0.4, -0.2) is 55.8 Å². The molecule has 1 aliphatic carbocycles. The fraction of sp³-hybridized carbons (Fsp3) is 0.435. The molecule has 1 aromatic carbocycles. The predicted octanol–water partition coefficient (Wildman–Crippen LogP) is 3.29. The van der Waals surface area contributed by atoms with E-state index in [0.29, 0.717) is 36.2 Å². The van der Waals surface area contributed by atoms with Gasteiger partial charge < -0.3 is 19.7 Å². The highest BCUT2D eigenvalue weighted by Crippen LogP contribution is 2.39. The number of morpholine rings is 1. The number of benzene rings is 1. The van der Waals surface area contributed by atoms with Gasteiger partial charge in [-0.05, 0) is 49.6 Å². The zero-order chi connectivity index (χ0) is 21.9. The Kier molecular flexibility index (Phi) is 6.20. The number of rotatable bonds is 8. The molecule has 32 heavy (non-hydrogen) atoms. The third kappa shape index (κ3) is 4.69. The number of thiazole rings is 1. The minimum atomic E-state index is -0.193. The van der Waals surface area contributed by atoms with Gasteiger partial charge in [0.05, 0.1) is 36.4 Å². The Morgan fingerprint density at radius 2 is 2.12 bits per heavy atom. The second kappa shape index (κ2) is 9.40. The lowest BCUT2D eigenvalue weighted by Gasteiger charge is -2.29. The second-order valence-corrected chi connectivity index (χ2v) is 9.15. The smallest absolute Gasteiger partial charge is 0.257 e. The van der Waals surface area contributed by atoms with Crippen LogP contribution < -0.4 is 20.3 Å². The van der Waals surface area contributed by atoms with Crippen molar-refractivity contribution in [2.24, 2.45) is 5.92 Å². The number of nitrogens with one attached hydrogen (secondary N) is 2. The van der Waals surface area contributed by atoms with Crippen LogP contribution in [0, 0.1) is 5.92 Å². The van der Waals surface area contributed by atoms with Crippen molar-refractivity contribution in [3.63, 3.8) is 0 Å². The van der Waals surface area contributed by atoms with Crippen LogP contribution in [0.4, 0.5) is 10.8 Å². The summed E-state index contributed by atoms with van der Waals surface area (Å²) in [4.78, 5) is 24.3. The summed E-state index contributed by atoms with van der Waals surface area (Å²) in [6.07, 6.45) is 4.30. The summed E-state index contributed by atoms with van der Waals surface area (Å²) in [7, 11) is 1.64. The molecule has 2 N–H and O–H groups in total. The van der Waals surface area contributed by atoms with Crippen LogP contribution in [0.5, 0.6) is 5.75 Å². The van der Waals surface area contributed by atoms with Gasteiger partial charge in [-0.2, -0.15) is 0 Å². The van der Waals surface area contributed by atoms with Crippen molar-refractivity contribution in [2.45, 2.75) is 19.4 Å². The lowest BCUT2D eigenvalue weighted by atomic mass is 10.2. The first-order valence-corrected chi connectivity index (χ1v) is 11.8. The van der Waals surface area contributed by atoms with Gasteiger partial charge >= 0.3 is 0 Å². The largest absolute Gasteiger partial charge is 0.494 e. The van der Waals surface area contributed by atoms with E-state index in [0.717, 1.165) is 47.2 Å². The molecule has 3 aromatic rings. The number of anilines is 2. The molecule has 0 bridgehead atoms. The van der Waals surface area contributed by atoms with Crippen LogP contribution >= 0.6 is 11.3 Å². The maximum Gasteiger partial charge on any atom is 0.257 e. The SMILES string of the molecule is COc1ccc(N2CCOCC2)c2sc(NC(=O)c3ccnc(CNCC4CC4)c3)nc12. The van der Waals surface area contributed by atoms with Crippen LogP contribution in [0.1, 0.15) is 28.9 Å². The van der Waals surface area contributed by atoms with Crippen molar-refractivity contribution in [1.82, 2.24) is 15.3 Å². The molecule has 5 rings (SSSR count). The lowest BCUT2D eigenvalue weighted by molar-refractivity contribution is 0.102. The van der Waals surface area contributed by atoms with Crippen LogP contribution in [0.25, 0.3) is 10.2 Å². The Morgan fingerprint density at radius 1 is 1.28 bits per heavy atom. The molecule has 0 atom stereocenters. The molecule has 168 valence electrons. The van der Waals surface area contributed by atoms with Crippen molar-refractivity contribution < 1.29 is 14.3 Å². The minimum Gasteiger partial charge on any atom is -0.494 e. The normalized spacial score (nSPS) is 16.3. The summed E-state index contributed by atoms with van der Waals surface area (Å²) < 4.78 is 12.0. The van der Waals surface area contributed by atoms with Crippen molar-refractivity contribution in [2.75, 3.05) is 50.2 Å². The first-order chi connectivity index (χ1) is 15.7. The third-order valence-electron chi connectivity index (χ3n) is 5.79. The zero-order valence-electron chi connectivity index (χ0n) is 18.1. The number of amides is 1. The first kappa shape index (κ1) is 21.1. The van der Waals surface area contributed by atoms with E-state index in [1.165, 1.54) is 24.2 Å². The van der Waals surface area contributed by atoms with Crippen LogP contribution in [0.15, 0.2) is 30.5 Å². The fourth-order valence-electron chi connectivity index (χ4n) is 3.85. The van der Waals surface area contributed by atoms with Crippen molar-refractivity contribution in [3.8, 4) is 5.75 Å². The van der Waals surface area contributed by atoms with Gasteiger partial charge in [-0.1, -0.05) is 11.3 Å². The number of ether oxygens (including phenoxy) is 2. The molecule has 1 saturated carbocycles. The van der Waals surface area contributed by atoms with Gasteiger partial charge in [0.15, 0.2) is 5.13 Å². The molecule has 1 aliphatic heterocycles. The first-order valence-electron chi connectivity index (χ1n) is 11.0. The molecule has 8 nitrogen and oxygen atoms in total. The highest BCUT2D eigenvalue weighted by molar-refractivity contribution is 7.23. The zero-order valence-corrected chi connectivity index (χ0v) is 18.9.